The number of carbonyl (C=O) groups is 2. The first-order valence-electron chi connectivity index (χ1n) is 8.42. The number of amides is 2. The monoisotopic (exact) mass is 348 g/mol. The van der Waals surface area contributed by atoms with Gasteiger partial charge in [0.15, 0.2) is 0 Å². The minimum absolute atomic E-state index is 0.147. The summed E-state index contributed by atoms with van der Waals surface area (Å²) in [4.78, 5) is 23.8. The molecule has 2 amide bonds. The number of nitrogens with one attached hydrogen (secondary N) is 3. The summed E-state index contributed by atoms with van der Waals surface area (Å²) in [6.45, 7) is 0.393. The summed E-state index contributed by atoms with van der Waals surface area (Å²) in [5.74, 6) is -0.852. The van der Waals surface area contributed by atoms with Crippen molar-refractivity contribution in [1.82, 2.24) is 15.5 Å². The summed E-state index contributed by atoms with van der Waals surface area (Å²) in [6.07, 6.45) is 2.19. The van der Waals surface area contributed by atoms with E-state index in [0.717, 1.165) is 0 Å². The number of hydrogen-bond acceptors (Lipinski definition) is 3. The van der Waals surface area contributed by atoms with Gasteiger partial charge in [-0.2, -0.15) is 5.10 Å². The Morgan fingerprint density at radius 1 is 0.885 bits per heavy atom. The van der Waals surface area contributed by atoms with E-state index in [-0.39, 0.29) is 5.92 Å². The average molecular weight is 348 g/mol. The van der Waals surface area contributed by atoms with Gasteiger partial charge in [0.25, 0.3) is 0 Å². The second-order valence-corrected chi connectivity index (χ2v) is 5.84. The van der Waals surface area contributed by atoms with Crippen LogP contribution in [0.4, 0.5) is 5.82 Å². The largest absolute Gasteiger partial charge is 0.348 e. The zero-order chi connectivity index (χ0) is 18.2. The molecule has 0 atom stereocenters. The molecule has 0 aliphatic heterocycles. The molecule has 1 aromatic heterocycles. The predicted octanol–water partition coefficient (Wildman–Crippen LogP) is 2.69. The van der Waals surface area contributed by atoms with Crippen LogP contribution in [-0.2, 0) is 9.59 Å². The molecule has 3 N–H and O–H groups in total. The van der Waals surface area contributed by atoms with Gasteiger partial charge in [-0.05, 0) is 17.5 Å². The molecule has 3 rings (SSSR count). The Hall–Kier alpha value is -3.41. The number of hydrogen-bond donors (Lipinski definition) is 3. The second kappa shape index (κ2) is 8.62. The van der Waals surface area contributed by atoms with Gasteiger partial charge in [0.1, 0.15) is 5.82 Å². The van der Waals surface area contributed by atoms with E-state index in [1.807, 2.05) is 36.4 Å². The molecule has 0 spiro atoms. The molecule has 3 aromatic rings. The summed E-state index contributed by atoms with van der Waals surface area (Å²) in [5.41, 5.74) is 2.35. The van der Waals surface area contributed by atoms with Crippen LogP contribution in [0, 0.1) is 0 Å². The fourth-order valence-electron chi connectivity index (χ4n) is 2.81. The van der Waals surface area contributed by atoms with Crippen LogP contribution < -0.4 is 10.6 Å². The predicted molar refractivity (Wildman–Crippen MR) is 99.6 cm³/mol. The molecule has 0 saturated carbocycles. The summed E-state index contributed by atoms with van der Waals surface area (Å²) < 4.78 is 0. The topological polar surface area (TPSA) is 86.9 Å². The van der Waals surface area contributed by atoms with Gasteiger partial charge in [0.2, 0.25) is 0 Å². The van der Waals surface area contributed by atoms with Gasteiger partial charge in [-0.15, -0.1) is 0 Å². The minimum atomic E-state index is -0.717. The van der Waals surface area contributed by atoms with Crippen molar-refractivity contribution in [1.29, 1.82) is 0 Å². The number of anilines is 1. The number of nitrogens with zero attached hydrogens (tertiary/aromatic N) is 1. The van der Waals surface area contributed by atoms with Gasteiger partial charge in [0.05, 0.1) is 6.20 Å². The maximum Gasteiger partial charge on any atom is 0.314 e. The molecular formula is C20H20N4O2. The highest BCUT2D eigenvalue weighted by Gasteiger charge is 2.17. The van der Waals surface area contributed by atoms with Crippen LogP contribution in [0.5, 0.6) is 0 Å². The van der Waals surface area contributed by atoms with Crippen LogP contribution in [0.3, 0.4) is 0 Å². The summed E-state index contributed by atoms with van der Waals surface area (Å²) in [6, 6.07) is 21.8. The van der Waals surface area contributed by atoms with Gasteiger partial charge in [0, 0.05) is 18.5 Å². The van der Waals surface area contributed by atoms with E-state index in [2.05, 4.69) is 45.1 Å². The standard InChI is InChI=1S/C20H20N4O2/c25-19(20(26)23-18-12-14-22-24-18)21-13-11-17(15-7-3-1-4-8-15)16-9-5-2-6-10-16/h1-10,12,14,17H,11,13H2,(H,21,25)(H2,22,23,24,26). The van der Waals surface area contributed by atoms with Gasteiger partial charge < -0.3 is 10.6 Å². The Balaban J connectivity index is 1.60. The Morgan fingerprint density at radius 2 is 1.50 bits per heavy atom. The molecule has 6 heteroatoms. The van der Waals surface area contributed by atoms with E-state index < -0.39 is 11.8 Å². The lowest BCUT2D eigenvalue weighted by atomic mass is 9.88. The highest BCUT2D eigenvalue weighted by atomic mass is 16.2. The lowest BCUT2D eigenvalue weighted by Gasteiger charge is -2.18. The zero-order valence-corrected chi connectivity index (χ0v) is 14.2. The molecule has 0 fully saturated rings. The van der Waals surface area contributed by atoms with Crippen LogP contribution in [0.25, 0.3) is 0 Å². The maximum atomic E-state index is 12.0. The first kappa shape index (κ1) is 17.4. The van der Waals surface area contributed by atoms with Crippen molar-refractivity contribution < 1.29 is 9.59 Å². The molecule has 2 aromatic carbocycles. The summed E-state index contributed by atoms with van der Waals surface area (Å²) >= 11 is 0. The van der Waals surface area contributed by atoms with Crippen LogP contribution in [0.1, 0.15) is 23.5 Å². The van der Waals surface area contributed by atoms with E-state index in [0.29, 0.717) is 18.8 Å². The van der Waals surface area contributed by atoms with E-state index in [1.54, 1.807) is 6.07 Å². The van der Waals surface area contributed by atoms with Gasteiger partial charge >= 0.3 is 11.8 Å². The number of rotatable bonds is 6. The van der Waals surface area contributed by atoms with E-state index in [9.17, 15) is 9.59 Å². The van der Waals surface area contributed by atoms with E-state index in [4.69, 9.17) is 0 Å². The van der Waals surface area contributed by atoms with Crippen LogP contribution >= 0.6 is 0 Å². The van der Waals surface area contributed by atoms with Crippen molar-refractivity contribution in [3.63, 3.8) is 0 Å². The first-order valence-corrected chi connectivity index (χ1v) is 8.42. The number of carbonyl (C=O) groups excluding carboxylic acids is 2. The maximum absolute atomic E-state index is 12.0. The fourth-order valence-corrected chi connectivity index (χ4v) is 2.81. The number of aromatic amines is 1. The van der Waals surface area contributed by atoms with Crippen molar-refractivity contribution in [2.75, 3.05) is 11.9 Å². The van der Waals surface area contributed by atoms with E-state index >= 15 is 0 Å². The zero-order valence-electron chi connectivity index (χ0n) is 14.2. The SMILES string of the molecule is O=C(NCCC(c1ccccc1)c1ccccc1)C(=O)Nc1ccn[nH]1. The molecule has 0 unspecified atom stereocenters. The Bertz CT molecular complexity index is 793. The molecule has 0 bridgehead atoms. The molecule has 0 saturated heterocycles. The van der Waals surface area contributed by atoms with Crippen molar-refractivity contribution >= 4 is 17.6 Å². The van der Waals surface area contributed by atoms with Gasteiger partial charge in [-0.25, -0.2) is 0 Å². The quantitative estimate of drug-likeness (QED) is 0.599. The normalized spacial score (nSPS) is 10.5. The smallest absolute Gasteiger partial charge is 0.314 e. The fraction of sp³-hybridized carbons (Fsp3) is 0.150. The Morgan fingerprint density at radius 3 is 2.04 bits per heavy atom. The van der Waals surface area contributed by atoms with Gasteiger partial charge in [-0.3, -0.25) is 14.7 Å². The molecule has 0 aliphatic rings. The Labute approximate surface area is 151 Å². The third kappa shape index (κ3) is 4.57. The molecular weight excluding hydrogens is 328 g/mol. The van der Waals surface area contributed by atoms with Crippen molar-refractivity contribution in [2.24, 2.45) is 0 Å². The minimum Gasteiger partial charge on any atom is -0.348 e. The number of benzene rings is 2. The molecule has 0 radical (unpaired) electrons. The first-order chi connectivity index (χ1) is 12.7. The molecule has 0 aliphatic carbocycles. The molecule has 26 heavy (non-hydrogen) atoms. The number of aromatic nitrogens is 2. The van der Waals surface area contributed by atoms with E-state index in [1.165, 1.54) is 17.3 Å². The summed E-state index contributed by atoms with van der Waals surface area (Å²) in [7, 11) is 0. The highest BCUT2D eigenvalue weighted by molar-refractivity contribution is 6.39. The lowest BCUT2D eigenvalue weighted by Crippen LogP contribution is -2.36. The summed E-state index contributed by atoms with van der Waals surface area (Å²) in [5, 5.41) is 11.4. The third-order valence-corrected chi connectivity index (χ3v) is 4.08. The third-order valence-electron chi connectivity index (χ3n) is 4.08. The molecule has 132 valence electrons. The van der Waals surface area contributed by atoms with Crippen LogP contribution in [-0.4, -0.2) is 28.6 Å². The van der Waals surface area contributed by atoms with Crippen molar-refractivity contribution in [2.45, 2.75) is 12.3 Å². The van der Waals surface area contributed by atoms with Crippen molar-refractivity contribution in [3.05, 3.63) is 84.1 Å². The lowest BCUT2D eigenvalue weighted by molar-refractivity contribution is -0.136. The highest BCUT2D eigenvalue weighted by Crippen LogP contribution is 2.27. The number of H-pyrrole nitrogens is 1. The van der Waals surface area contributed by atoms with Crippen LogP contribution in [0.2, 0.25) is 0 Å². The van der Waals surface area contributed by atoms with Crippen molar-refractivity contribution in [3.8, 4) is 0 Å². The van der Waals surface area contributed by atoms with Gasteiger partial charge in [-0.1, -0.05) is 60.7 Å². The molecule has 6 nitrogen and oxygen atoms in total. The Kier molecular flexibility index (Phi) is 5.77. The van der Waals surface area contributed by atoms with Crippen LogP contribution in [0.15, 0.2) is 72.9 Å². The second-order valence-electron chi connectivity index (χ2n) is 5.84. The average Bonchev–Trinajstić information content (AvgIpc) is 3.19. The molecule has 1 heterocycles.